The van der Waals surface area contributed by atoms with Gasteiger partial charge >= 0.3 is 0 Å². The molecule has 3 amide bonds. The zero-order valence-corrected chi connectivity index (χ0v) is 20.3. The molecule has 1 N–H and O–H groups in total. The Morgan fingerprint density at radius 1 is 1.00 bits per heavy atom. The molecule has 35 heavy (non-hydrogen) atoms. The maximum Gasteiger partial charge on any atom is 0.258 e. The highest BCUT2D eigenvalue weighted by atomic mass is 19.1. The maximum atomic E-state index is 13.4. The summed E-state index contributed by atoms with van der Waals surface area (Å²) in [5.74, 6) is -0.851. The minimum atomic E-state index is -0.693. The van der Waals surface area contributed by atoms with Gasteiger partial charge in [-0.15, -0.1) is 0 Å². The third-order valence-electron chi connectivity index (χ3n) is 6.29. The van der Waals surface area contributed by atoms with Crippen LogP contribution in [-0.2, 0) is 16.1 Å². The molecule has 1 heterocycles. The summed E-state index contributed by atoms with van der Waals surface area (Å²) in [5, 5.41) is 4.82. The molecule has 182 valence electrons. The second-order valence-corrected chi connectivity index (χ2v) is 9.23. The van der Waals surface area contributed by atoms with E-state index in [2.05, 4.69) is 5.32 Å². The second kappa shape index (κ2) is 10.3. The molecule has 0 saturated carbocycles. The van der Waals surface area contributed by atoms with E-state index >= 15 is 0 Å². The van der Waals surface area contributed by atoms with Crippen molar-refractivity contribution >= 4 is 34.2 Å². The summed E-state index contributed by atoms with van der Waals surface area (Å²) in [6.07, 6.45) is 0.629. The number of benzene rings is 3. The Morgan fingerprint density at radius 3 is 2.37 bits per heavy atom. The average molecular weight is 476 g/mol. The summed E-state index contributed by atoms with van der Waals surface area (Å²) in [6.45, 7) is 6.01. The van der Waals surface area contributed by atoms with Gasteiger partial charge in [0.25, 0.3) is 5.91 Å². The van der Waals surface area contributed by atoms with Crippen LogP contribution < -0.4 is 10.2 Å². The van der Waals surface area contributed by atoms with Crippen molar-refractivity contribution in [3.8, 4) is 0 Å². The minimum Gasteiger partial charge on any atom is -0.352 e. The van der Waals surface area contributed by atoms with Gasteiger partial charge in [-0.3, -0.25) is 14.4 Å². The molecular formula is C28H30FN3O3. The first-order chi connectivity index (χ1) is 16.8. The molecule has 7 heteroatoms. The highest BCUT2D eigenvalue weighted by molar-refractivity contribution is 6.25. The second-order valence-electron chi connectivity index (χ2n) is 9.23. The molecule has 0 aliphatic carbocycles. The normalized spacial score (nSPS) is 13.4. The van der Waals surface area contributed by atoms with Gasteiger partial charge in [0.1, 0.15) is 11.9 Å². The number of nitrogens with one attached hydrogen (secondary N) is 1. The Morgan fingerprint density at radius 2 is 1.69 bits per heavy atom. The zero-order valence-electron chi connectivity index (χ0n) is 20.3. The number of hydrogen-bond acceptors (Lipinski definition) is 3. The van der Waals surface area contributed by atoms with Crippen LogP contribution in [0.4, 0.5) is 10.1 Å². The Kier molecular flexibility index (Phi) is 7.15. The first-order valence-electron chi connectivity index (χ1n) is 11.9. The van der Waals surface area contributed by atoms with Crippen molar-refractivity contribution < 1.29 is 18.8 Å². The summed E-state index contributed by atoms with van der Waals surface area (Å²) < 4.78 is 13.4. The lowest BCUT2D eigenvalue weighted by molar-refractivity contribution is -0.140. The summed E-state index contributed by atoms with van der Waals surface area (Å²) >= 11 is 0. The van der Waals surface area contributed by atoms with Gasteiger partial charge in [0.15, 0.2) is 0 Å². The SMILES string of the molecule is CC(C)NC(=O)[C@H](C)N(Cc1ccc(F)cc1)C(=O)CCCN1C(=O)c2cccc3cccc1c23. The molecule has 6 nitrogen and oxygen atoms in total. The highest BCUT2D eigenvalue weighted by Crippen LogP contribution is 2.37. The highest BCUT2D eigenvalue weighted by Gasteiger charge is 2.30. The van der Waals surface area contributed by atoms with Crippen LogP contribution in [0.3, 0.4) is 0 Å². The summed E-state index contributed by atoms with van der Waals surface area (Å²) in [4.78, 5) is 42.2. The molecule has 0 radical (unpaired) electrons. The third-order valence-corrected chi connectivity index (χ3v) is 6.29. The predicted molar refractivity (Wildman–Crippen MR) is 135 cm³/mol. The number of hydrogen-bond donors (Lipinski definition) is 1. The molecule has 0 fully saturated rings. The molecule has 0 bridgehead atoms. The van der Waals surface area contributed by atoms with Crippen LogP contribution in [0.15, 0.2) is 60.7 Å². The predicted octanol–water partition coefficient (Wildman–Crippen LogP) is 4.66. The number of halogens is 1. The lowest BCUT2D eigenvalue weighted by Crippen LogP contribution is -2.49. The smallest absolute Gasteiger partial charge is 0.258 e. The van der Waals surface area contributed by atoms with Crippen molar-refractivity contribution in [1.29, 1.82) is 0 Å². The van der Waals surface area contributed by atoms with Crippen LogP contribution in [0.1, 0.15) is 49.5 Å². The van der Waals surface area contributed by atoms with Gasteiger partial charge in [0.2, 0.25) is 11.8 Å². The average Bonchev–Trinajstić information content (AvgIpc) is 3.11. The van der Waals surface area contributed by atoms with Gasteiger partial charge in [-0.1, -0.05) is 36.4 Å². The molecule has 1 aliphatic rings. The minimum absolute atomic E-state index is 0.0572. The van der Waals surface area contributed by atoms with Gasteiger partial charge < -0.3 is 15.1 Å². The van der Waals surface area contributed by atoms with Crippen molar-refractivity contribution in [2.24, 2.45) is 0 Å². The van der Waals surface area contributed by atoms with E-state index in [4.69, 9.17) is 0 Å². The van der Waals surface area contributed by atoms with Gasteiger partial charge in [0, 0.05) is 36.5 Å². The summed E-state index contributed by atoms with van der Waals surface area (Å²) in [7, 11) is 0. The van der Waals surface area contributed by atoms with E-state index in [-0.39, 0.29) is 42.5 Å². The Hall–Kier alpha value is -3.74. The van der Waals surface area contributed by atoms with Gasteiger partial charge in [0.05, 0.1) is 5.69 Å². The van der Waals surface area contributed by atoms with Crippen molar-refractivity contribution in [2.75, 3.05) is 11.4 Å². The zero-order chi connectivity index (χ0) is 25.1. The molecule has 1 atom stereocenters. The summed E-state index contributed by atoms with van der Waals surface area (Å²) in [5.41, 5.74) is 2.28. The molecule has 0 spiro atoms. The first-order valence-corrected chi connectivity index (χ1v) is 11.9. The molecular weight excluding hydrogens is 445 g/mol. The lowest BCUT2D eigenvalue weighted by Gasteiger charge is -2.29. The van der Waals surface area contributed by atoms with E-state index in [0.717, 1.165) is 22.0 Å². The number of anilines is 1. The van der Waals surface area contributed by atoms with E-state index in [0.29, 0.717) is 18.5 Å². The van der Waals surface area contributed by atoms with Crippen LogP contribution in [0.2, 0.25) is 0 Å². The topological polar surface area (TPSA) is 69.7 Å². The molecule has 3 aromatic carbocycles. The fraction of sp³-hybridized carbons (Fsp3) is 0.321. The van der Waals surface area contributed by atoms with Gasteiger partial charge in [-0.2, -0.15) is 0 Å². The molecule has 3 aromatic rings. The van der Waals surface area contributed by atoms with E-state index in [9.17, 15) is 18.8 Å². The number of carbonyl (C=O) groups is 3. The molecule has 4 rings (SSSR count). The summed E-state index contributed by atoms with van der Waals surface area (Å²) in [6, 6.07) is 16.7. The third kappa shape index (κ3) is 5.19. The molecule has 0 saturated heterocycles. The Balaban J connectivity index is 1.46. The van der Waals surface area contributed by atoms with Gasteiger partial charge in [-0.25, -0.2) is 4.39 Å². The standard InChI is InChI=1S/C28H30FN3O3/c1-18(2)30-27(34)19(3)32(17-20-12-14-22(29)15-13-20)25(33)11-6-16-31-24-10-5-8-21-7-4-9-23(26(21)24)28(31)35/h4-5,7-10,12-15,18-19H,6,11,16-17H2,1-3H3,(H,30,34)/t19-/m0/s1. The quantitative estimate of drug-likeness (QED) is 0.489. The van der Waals surface area contributed by atoms with Crippen LogP contribution in [0.25, 0.3) is 10.8 Å². The van der Waals surface area contributed by atoms with Crippen LogP contribution in [0.5, 0.6) is 0 Å². The van der Waals surface area contributed by atoms with Crippen molar-refractivity contribution in [3.05, 3.63) is 77.6 Å². The van der Waals surface area contributed by atoms with E-state index in [1.54, 1.807) is 24.0 Å². The van der Waals surface area contributed by atoms with Crippen LogP contribution in [0, 0.1) is 5.82 Å². The van der Waals surface area contributed by atoms with Gasteiger partial charge in [-0.05, 0) is 62.4 Å². The maximum absolute atomic E-state index is 13.4. The number of amides is 3. The molecule has 1 aliphatic heterocycles. The van der Waals surface area contributed by atoms with E-state index < -0.39 is 6.04 Å². The fourth-order valence-corrected chi connectivity index (χ4v) is 4.51. The Bertz CT molecular complexity index is 1250. The lowest BCUT2D eigenvalue weighted by atomic mass is 10.1. The van der Waals surface area contributed by atoms with Crippen LogP contribution >= 0.6 is 0 Å². The molecule has 0 aromatic heterocycles. The Labute approximate surface area is 204 Å². The molecule has 0 unspecified atom stereocenters. The largest absolute Gasteiger partial charge is 0.352 e. The number of rotatable bonds is 9. The fourth-order valence-electron chi connectivity index (χ4n) is 4.51. The van der Waals surface area contributed by atoms with E-state index in [1.165, 1.54) is 17.0 Å². The van der Waals surface area contributed by atoms with Crippen molar-refractivity contribution in [3.63, 3.8) is 0 Å². The number of carbonyl (C=O) groups excluding carboxylic acids is 3. The van der Waals surface area contributed by atoms with Crippen molar-refractivity contribution in [2.45, 2.75) is 52.2 Å². The van der Waals surface area contributed by atoms with E-state index in [1.807, 2.05) is 50.2 Å². The first kappa shape index (κ1) is 24.4. The van der Waals surface area contributed by atoms with Crippen molar-refractivity contribution in [1.82, 2.24) is 10.2 Å². The monoisotopic (exact) mass is 475 g/mol. The van der Waals surface area contributed by atoms with Crippen LogP contribution in [-0.4, -0.2) is 41.2 Å². The number of nitrogens with zero attached hydrogens (tertiary/aromatic N) is 2.